The average molecular weight is 1370 g/mol. The zero-order valence-corrected chi connectivity index (χ0v) is 57.8. The summed E-state index contributed by atoms with van der Waals surface area (Å²) in [6, 6.07) is 84.0. The van der Waals surface area contributed by atoms with Crippen LogP contribution in [0.3, 0.4) is 0 Å². The third-order valence-electron chi connectivity index (χ3n) is 16.7. The van der Waals surface area contributed by atoms with E-state index in [0.717, 1.165) is 60.7 Å². The molecule has 10 aromatic carbocycles. The first-order valence-electron chi connectivity index (χ1n) is 33.5. The number of aromatic nitrogens is 8. The summed E-state index contributed by atoms with van der Waals surface area (Å²) in [5, 5.41) is 3.82. The van der Waals surface area contributed by atoms with Crippen LogP contribution in [0.2, 0.25) is 0 Å². The van der Waals surface area contributed by atoms with Gasteiger partial charge in [0.05, 0.1) is 29.8 Å². The lowest BCUT2D eigenvalue weighted by Gasteiger charge is -2.34. The van der Waals surface area contributed by atoms with Crippen LogP contribution in [-0.2, 0) is 34.0 Å². The van der Waals surface area contributed by atoms with Crippen molar-refractivity contribution in [3.05, 3.63) is 288 Å². The van der Waals surface area contributed by atoms with E-state index >= 15 is 0 Å². The summed E-state index contributed by atoms with van der Waals surface area (Å²) in [7, 11) is 3.23. The van der Waals surface area contributed by atoms with Crippen LogP contribution in [0.1, 0.15) is 70.7 Å². The highest BCUT2D eigenvalue weighted by Gasteiger charge is 2.46. The largest absolute Gasteiger partial charge is 0.491 e. The van der Waals surface area contributed by atoms with Gasteiger partial charge in [-0.3, -0.25) is 0 Å². The Hall–Kier alpha value is -12.6. The number of rotatable bonds is 15. The van der Waals surface area contributed by atoms with E-state index in [1.54, 1.807) is 50.6 Å². The summed E-state index contributed by atoms with van der Waals surface area (Å²) in [6.45, 7) is 8.30. The number of carbonyl (C=O) groups is 4. The highest BCUT2D eigenvalue weighted by molar-refractivity contribution is 6.06. The molecule has 3 aromatic heterocycles. The summed E-state index contributed by atoms with van der Waals surface area (Å²) >= 11 is 0. The van der Waals surface area contributed by atoms with E-state index in [2.05, 4.69) is 82.8 Å². The Bertz CT molecular complexity index is 4970. The van der Waals surface area contributed by atoms with Crippen molar-refractivity contribution >= 4 is 67.6 Å². The first-order chi connectivity index (χ1) is 50.3. The maximum absolute atomic E-state index is 12.2. The number of nitrogens with zero attached hydrogens (tertiary/aromatic N) is 6. The molecule has 0 saturated carbocycles. The number of benzene rings is 10. The van der Waals surface area contributed by atoms with Crippen LogP contribution in [0.15, 0.2) is 255 Å². The van der Waals surface area contributed by atoms with Crippen LogP contribution in [0.5, 0.6) is 11.5 Å². The molecule has 0 saturated heterocycles. The van der Waals surface area contributed by atoms with Gasteiger partial charge in [0.1, 0.15) is 72.1 Å². The number of hydrogen-bond acceptors (Lipinski definition) is 16. The first-order valence-corrected chi connectivity index (χ1v) is 33.5. The van der Waals surface area contributed by atoms with E-state index in [-0.39, 0.29) is 36.7 Å². The van der Waals surface area contributed by atoms with E-state index in [9.17, 15) is 19.2 Å². The quantitative estimate of drug-likeness (QED) is 0.0717. The topological polar surface area (TPSA) is 233 Å². The molecule has 16 rings (SSSR count). The van der Waals surface area contributed by atoms with Crippen molar-refractivity contribution in [1.82, 2.24) is 39.9 Å². The molecule has 514 valence electrons. The van der Waals surface area contributed by atoms with Crippen LogP contribution >= 0.6 is 0 Å². The number of H-pyrrole nitrogens is 2. The van der Waals surface area contributed by atoms with Crippen molar-refractivity contribution < 1.29 is 47.6 Å². The lowest BCUT2D eigenvalue weighted by atomic mass is 9.68. The molecule has 1 aliphatic carbocycles. The average Bonchev–Trinajstić information content (AvgIpc) is 1.55. The molecule has 2 N–H and O–H groups in total. The second kappa shape index (κ2) is 33.0. The third-order valence-corrected chi connectivity index (χ3v) is 16.7. The number of fused-ring (bicyclic) bond motifs is 23. The molecule has 0 amide bonds. The zero-order valence-electron chi connectivity index (χ0n) is 57.8. The molecule has 5 heterocycles. The van der Waals surface area contributed by atoms with Gasteiger partial charge in [0.2, 0.25) is 0 Å². The van der Waals surface area contributed by atoms with Gasteiger partial charge in [0.25, 0.3) is 0 Å². The zero-order chi connectivity index (χ0) is 71.7. The van der Waals surface area contributed by atoms with E-state index in [1.165, 1.54) is 49.9 Å². The normalized spacial score (nSPS) is 11.6. The minimum atomic E-state index is -0.512. The second-order valence-corrected chi connectivity index (χ2v) is 24.2. The van der Waals surface area contributed by atoms with E-state index in [1.807, 2.05) is 146 Å². The molecule has 13 aromatic rings. The monoisotopic (exact) mass is 1370 g/mol. The number of ether oxygens (including phenoxy) is 6. The lowest BCUT2D eigenvalue weighted by molar-refractivity contribution is -0.115. The molecule has 103 heavy (non-hydrogen) atoms. The fourth-order valence-electron chi connectivity index (χ4n) is 12.3. The number of hydrogen-bond donors (Lipinski definition) is 2. The molecule has 8 bridgehead atoms. The predicted molar refractivity (Wildman–Crippen MR) is 401 cm³/mol. The van der Waals surface area contributed by atoms with Crippen molar-refractivity contribution in [3.63, 3.8) is 0 Å². The van der Waals surface area contributed by atoms with Crippen molar-refractivity contribution in [2.24, 2.45) is 0 Å². The van der Waals surface area contributed by atoms with Gasteiger partial charge in [-0.25, -0.2) is 39.5 Å². The minimum absolute atomic E-state index is 0.166. The summed E-state index contributed by atoms with van der Waals surface area (Å²) in [4.78, 5) is 79.1. The third kappa shape index (κ3) is 16.0. The van der Waals surface area contributed by atoms with Crippen molar-refractivity contribution in [3.8, 4) is 68.2 Å². The summed E-state index contributed by atoms with van der Waals surface area (Å²) in [6.07, 6.45) is 0. The Kier molecular flexibility index (Phi) is 22.5. The number of esters is 2. The fraction of sp³-hybridized carbons (Fsp3) is 0.153. The highest BCUT2D eigenvalue weighted by Crippen LogP contribution is 2.56. The number of carbonyl (C=O) groups excluding carboxylic acids is 4. The second-order valence-electron chi connectivity index (χ2n) is 24.2. The van der Waals surface area contributed by atoms with Crippen LogP contribution in [0.25, 0.3) is 101 Å². The van der Waals surface area contributed by atoms with E-state index < -0.39 is 5.41 Å². The Labute approximate surface area is 595 Å². The number of nitrogens with one attached hydrogen (secondary N) is 2. The fourth-order valence-corrected chi connectivity index (χ4v) is 12.3. The highest BCUT2D eigenvalue weighted by atomic mass is 16.6. The first kappa shape index (κ1) is 70.2. The number of Topliss-reactive ketones (excluding diaryl/α,β-unsaturated/α-hetero) is 2. The van der Waals surface area contributed by atoms with Crippen molar-refractivity contribution in [2.45, 2.75) is 33.1 Å². The maximum atomic E-state index is 12.2. The maximum Gasteiger partial charge on any atom is 0.338 e. The number of aromatic amines is 2. The molecule has 0 atom stereocenters. The molecule has 18 nitrogen and oxygen atoms in total. The molecular formula is C85H74N8O10. The Morgan fingerprint density at radius 1 is 0.311 bits per heavy atom. The van der Waals surface area contributed by atoms with Crippen LogP contribution in [0.4, 0.5) is 0 Å². The Morgan fingerprint density at radius 2 is 0.583 bits per heavy atom. The van der Waals surface area contributed by atoms with Crippen LogP contribution in [0, 0.1) is 0 Å². The van der Waals surface area contributed by atoms with Crippen molar-refractivity contribution in [1.29, 1.82) is 0 Å². The van der Waals surface area contributed by atoms with Gasteiger partial charge in [0, 0.05) is 58.0 Å². The Morgan fingerprint density at radius 3 is 0.913 bits per heavy atom. The number of ketones is 2. The van der Waals surface area contributed by atoms with Gasteiger partial charge in [-0.1, -0.05) is 206 Å². The van der Waals surface area contributed by atoms with E-state index in [4.69, 9.17) is 58.3 Å². The molecule has 0 unspecified atom stereocenters. The van der Waals surface area contributed by atoms with Gasteiger partial charge in [-0.05, 0) is 110 Å². The van der Waals surface area contributed by atoms with Gasteiger partial charge in [-0.15, -0.1) is 0 Å². The molecule has 0 spiro atoms. The summed E-state index contributed by atoms with van der Waals surface area (Å²) < 4.78 is 32.0. The summed E-state index contributed by atoms with van der Waals surface area (Å²) in [5.41, 5.74) is 14.3. The minimum Gasteiger partial charge on any atom is -0.491 e. The van der Waals surface area contributed by atoms with Crippen molar-refractivity contribution in [2.75, 3.05) is 53.9 Å². The number of methoxy groups -OCH3 is 2. The van der Waals surface area contributed by atoms with Crippen LogP contribution < -0.4 is 9.47 Å². The van der Waals surface area contributed by atoms with Crippen LogP contribution in [-0.4, -0.2) is 117 Å². The SMILES string of the molecule is CC(C)=O.CC(C)=O.COCCOC(=O)c1ccccc1.COCCOc1ccc(C2(c3ccc(OCCOC(=O)c4ccccc4)cc3)c3ccccc3-c3ccccc32)cc1.c1ccc2c(c1)-c1nc-2nc2[nH]c(nc3nc(nc4[nH]c(n1)c1ccccc41)-c1ccccc1-3)c1ccccc21. The molecule has 0 radical (unpaired) electrons. The van der Waals surface area contributed by atoms with Gasteiger partial charge >= 0.3 is 11.9 Å². The lowest BCUT2D eigenvalue weighted by Crippen LogP contribution is -2.28. The standard InChI is InChI=1S/C37H32O5.C32H18N8.C10H12O3.2C3H6O/c1-39-23-24-40-30-19-15-28(16-20-30)37(34-13-7-5-11-32(34)33-12-6-8-14-35(33)37)29-17-21-31(22-18-29)41-25-26-42-36(38)27-9-3-2-4-10-27;1-2-10-18-17(9-1)25-33-26(18)38-28-21-13-5-6-14-22(21)30(35-28)40-32-24-16-8-7-15-23(24)31(36-32)39-29-20-12-4-3-11-19(20)27(34-29)37-25;1-12-7-8-13-10(11)9-5-3-2-4-6-9;2*1-3(2)4/h2-22H,23-26H2,1H3;1-16H,(H2,33,34,35,36,37,38,39,40);2-6H,7-8H2,1H3;2*1-2H3. The molecule has 2 aliphatic heterocycles. The summed E-state index contributed by atoms with van der Waals surface area (Å²) in [5.74, 6) is 3.58. The molecule has 0 fully saturated rings. The Balaban J connectivity index is 0.000000152. The molecular weight excluding hydrogens is 1290 g/mol. The predicted octanol–water partition coefficient (Wildman–Crippen LogP) is 16.9. The molecule has 18 heteroatoms. The van der Waals surface area contributed by atoms with Gasteiger partial charge in [0.15, 0.2) is 23.3 Å². The van der Waals surface area contributed by atoms with Gasteiger partial charge in [-0.2, -0.15) is 0 Å². The van der Waals surface area contributed by atoms with E-state index in [0.29, 0.717) is 89.2 Å². The van der Waals surface area contributed by atoms with Gasteiger partial charge < -0.3 is 48.0 Å². The smallest absolute Gasteiger partial charge is 0.338 e. The molecule has 3 aliphatic rings.